The zero-order valence-corrected chi connectivity index (χ0v) is 25.2. The topological polar surface area (TPSA) is 128 Å². The van der Waals surface area contributed by atoms with Crippen LogP contribution in [0.3, 0.4) is 0 Å². The van der Waals surface area contributed by atoms with Crippen molar-refractivity contribution in [2.24, 2.45) is 7.05 Å². The van der Waals surface area contributed by atoms with Gasteiger partial charge in [-0.15, -0.1) is 0 Å². The molecule has 0 unspecified atom stereocenters. The molecule has 0 spiro atoms. The maximum atomic E-state index is 5.79. The third kappa shape index (κ3) is 5.55. The third-order valence-electron chi connectivity index (χ3n) is 7.03. The smallest absolute Gasteiger partial charge is 0.230 e. The van der Waals surface area contributed by atoms with Crippen molar-refractivity contribution in [3.8, 4) is 17.0 Å². The van der Waals surface area contributed by atoms with E-state index in [1.807, 2.05) is 44.6 Å². The quantitative estimate of drug-likeness (QED) is 0.254. The van der Waals surface area contributed by atoms with Gasteiger partial charge in [-0.3, -0.25) is 14.6 Å². The average molecular weight is 585 g/mol. The van der Waals surface area contributed by atoms with Crippen molar-refractivity contribution in [2.45, 2.75) is 6.92 Å². The summed E-state index contributed by atoms with van der Waals surface area (Å²) in [5.74, 6) is 2.17. The number of aromatic nitrogens is 7. The number of hydrogen-bond donors (Lipinski definition) is 2. The van der Waals surface area contributed by atoms with Crippen molar-refractivity contribution in [1.82, 2.24) is 34.7 Å². The van der Waals surface area contributed by atoms with Crippen LogP contribution in [0.1, 0.15) is 5.56 Å². The molecule has 0 bridgehead atoms. The molecule has 1 aromatic carbocycles. The van der Waals surface area contributed by atoms with Crippen LogP contribution in [0.25, 0.3) is 22.3 Å². The number of aryl methyl sites for hydroxylation is 2. The molecule has 5 heterocycles. The molecular formula is C29H33N10O2P. The summed E-state index contributed by atoms with van der Waals surface area (Å²) in [6.07, 6.45) is 9.00. The zero-order valence-electron chi connectivity index (χ0n) is 24.3. The Morgan fingerprint density at radius 2 is 1.79 bits per heavy atom. The van der Waals surface area contributed by atoms with Gasteiger partial charge in [0.25, 0.3) is 0 Å². The van der Waals surface area contributed by atoms with E-state index >= 15 is 0 Å². The van der Waals surface area contributed by atoms with Crippen LogP contribution in [-0.2, 0) is 11.8 Å². The highest BCUT2D eigenvalue weighted by Gasteiger charge is 2.22. The minimum atomic E-state index is -0.478. The fourth-order valence-corrected chi connectivity index (χ4v) is 6.18. The lowest BCUT2D eigenvalue weighted by Crippen LogP contribution is -2.36. The van der Waals surface area contributed by atoms with Gasteiger partial charge in [-0.05, 0) is 32.4 Å². The van der Waals surface area contributed by atoms with Crippen LogP contribution in [0.5, 0.6) is 5.75 Å². The van der Waals surface area contributed by atoms with Crippen molar-refractivity contribution in [3.63, 3.8) is 0 Å². The van der Waals surface area contributed by atoms with Gasteiger partial charge in [-0.1, -0.05) is 7.92 Å². The number of benzene rings is 1. The number of nitrogens with zero attached hydrogens (tertiary/aromatic N) is 8. The first kappa shape index (κ1) is 27.7. The molecule has 42 heavy (non-hydrogen) atoms. The number of hydrogen-bond acceptors (Lipinski definition) is 11. The molecule has 6 rings (SSSR count). The summed E-state index contributed by atoms with van der Waals surface area (Å²) in [6.45, 7) is 9.24. The Hall–Kier alpha value is -4.41. The van der Waals surface area contributed by atoms with Crippen molar-refractivity contribution in [1.29, 1.82) is 0 Å². The molecule has 0 saturated carbocycles. The highest BCUT2D eigenvalue weighted by Crippen LogP contribution is 2.38. The number of methoxy groups -OCH3 is 1. The summed E-state index contributed by atoms with van der Waals surface area (Å²) < 4.78 is 13.1. The van der Waals surface area contributed by atoms with E-state index in [0.717, 1.165) is 57.6 Å². The van der Waals surface area contributed by atoms with E-state index in [9.17, 15) is 0 Å². The van der Waals surface area contributed by atoms with Crippen LogP contribution in [0.15, 0.2) is 49.2 Å². The second-order valence-electron chi connectivity index (χ2n) is 10.2. The summed E-state index contributed by atoms with van der Waals surface area (Å²) in [5.41, 5.74) is 6.29. The molecule has 216 valence electrons. The molecule has 13 heteroatoms. The number of anilines is 5. The third-order valence-corrected chi connectivity index (χ3v) is 8.38. The molecule has 1 saturated heterocycles. The summed E-state index contributed by atoms with van der Waals surface area (Å²) >= 11 is 0. The first-order valence-electron chi connectivity index (χ1n) is 13.6. The molecule has 0 radical (unpaired) electrons. The molecule has 12 nitrogen and oxygen atoms in total. The van der Waals surface area contributed by atoms with E-state index in [1.54, 1.807) is 30.4 Å². The molecule has 0 amide bonds. The molecule has 4 aromatic heterocycles. The van der Waals surface area contributed by atoms with Crippen molar-refractivity contribution >= 4 is 53.2 Å². The van der Waals surface area contributed by atoms with E-state index in [0.29, 0.717) is 36.5 Å². The number of morpholine rings is 1. The standard InChI is InChI=1S/C29H33N10O2P/c1-18-15-32-29(36-27(18)34-21-7-6-20-25(26(21)42(4)5)31-9-8-30-20)37-28-23(40-3)14-22(39-10-12-41-13-11-39)24(35-28)19-16-33-38(2)17-19/h6-9,14-17H,10-13H2,1-5H3,(H2,32,34,35,36,37). The summed E-state index contributed by atoms with van der Waals surface area (Å²) in [6, 6.07) is 6.02. The Kier molecular flexibility index (Phi) is 7.82. The molecular weight excluding hydrogens is 551 g/mol. The fourth-order valence-electron chi connectivity index (χ4n) is 4.97. The molecule has 1 fully saturated rings. The Morgan fingerprint density at radius 1 is 0.976 bits per heavy atom. The van der Waals surface area contributed by atoms with Gasteiger partial charge in [0.05, 0.1) is 48.9 Å². The largest absolute Gasteiger partial charge is 0.493 e. The van der Waals surface area contributed by atoms with Gasteiger partial charge in [-0.2, -0.15) is 10.1 Å². The van der Waals surface area contributed by atoms with E-state index in [4.69, 9.17) is 19.4 Å². The van der Waals surface area contributed by atoms with Crippen LogP contribution in [-0.4, -0.2) is 81.4 Å². The van der Waals surface area contributed by atoms with Gasteiger partial charge in [0.15, 0.2) is 11.6 Å². The number of rotatable bonds is 8. The Bertz CT molecular complexity index is 1740. The maximum Gasteiger partial charge on any atom is 0.230 e. The predicted octanol–water partition coefficient (Wildman–Crippen LogP) is 4.22. The van der Waals surface area contributed by atoms with Crippen molar-refractivity contribution < 1.29 is 9.47 Å². The summed E-state index contributed by atoms with van der Waals surface area (Å²) in [7, 11) is 3.05. The predicted molar refractivity (Wildman–Crippen MR) is 167 cm³/mol. The van der Waals surface area contributed by atoms with E-state index in [-0.39, 0.29) is 0 Å². The van der Waals surface area contributed by atoms with Crippen LogP contribution in [0.4, 0.5) is 29.0 Å². The maximum absolute atomic E-state index is 5.79. The first-order chi connectivity index (χ1) is 20.4. The Labute approximate surface area is 245 Å². The van der Waals surface area contributed by atoms with E-state index in [1.165, 1.54) is 0 Å². The summed E-state index contributed by atoms with van der Waals surface area (Å²) in [4.78, 5) is 25.8. The second-order valence-corrected chi connectivity index (χ2v) is 12.4. The first-order valence-corrected chi connectivity index (χ1v) is 15.8. The van der Waals surface area contributed by atoms with Gasteiger partial charge in [-0.25, -0.2) is 9.97 Å². The highest BCUT2D eigenvalue weighted by molar-refractivity contribution is 7.65. The summed E-state index contributed by atoms with van der Waals surface area (Å²) in [5, 5.41) is 12.4. The van der Waals surface area contributed by atoms with Crippen molar-refractivity contribution in [2.75, 3.05) is 62.3 Å². The minimum absolute atomic E-state index is 0.391. The van der Waals surface area contributed by atoms with Gasteiger partial charge in [0.1, 0.15) is 5.82 Å². The van der Waals surface area contributed by atoms with Crippen molar-refractivity contribution in [3.05, 3.63) is 54.7 Å². The monoisotopic (exact) mass is 584 g/mol. The lowest BCUT2D eigenvalue weighted by molar-refractivity contribution is 0.122. The minimum Gasteiger partial charge on any atom is -0.493 e. The molecule has 0 aliphatic carbocycles. The lowest BCUT2D eigenvalue weighted by atomic mass is 10.1. The van der Waals surface area contributed by atoms with Crippen LogP contribution < -0.4 is 25.6 Å². The molecule has 0 atom stereocenters. The zero-order chi connectivity index (χ0) is 29.2. The van der Waals surface area contributed by atoms with E-state index in [2.05, 4.69) is 48.9 Å². The van der Waals surface area contributed by atoms with Gasteiger partial charge in [0, 0.05) is 73.1 Å². The van der Waals surface area contributed by atoms with Gasteiger partial charge >= 0.3 is 0 Å². The second kappa shape index (κ2) is 11.8. The van der Waals surface area contributed by atoms with Gasteiger partial charge < -0.3 is 25.0 Å². The molecule has 5 aromatic rings. The number of pyridine rings is 1. The molecule has 2 N–H and O–H groups in total. The molecule has 1 aliphatic heterocycles. The van der Waals surface area contributed by atoms with Gasteiger partial charge in [0.2, 0.25) is 5.95 Å². The van der Waals surface area contributed by atoms with Crippen LogP contribution in [0.2, 0.25) is 0 Å². The number of nitrogens with one attached hydrogen (secondary N) is 2. The highest BCUT2D eigenvalue weighted by atomic mass is 31.1. The molecule has 1 aliphatic rings. The number of ether oxygens (including phenoxy) is 2. The normalized spacial score (nSPS) is 13.5. The average Bonchev–Trinajstić information content (AvgIpc) is 3.44. The SMILES string of the molecule is COc1cc(N2CCOCC2)c(-c2cnn(C)c2)nc1Nc1ncc(C)c(Nc2ccc3nccnc3c2P(C)C)n1. The van der Waals surface area contributed by atoms with E-state index < -0.39 is 7.92 Å². The number of fused-ring (bicyclic) bond motifs is 1. The van der Waals surface area contributed by atoms with Crippen LogP contribution >= 0.6 is 7.92 Å². The Morgan fingerprint density at radius 3 is 2.52 bits per heavy atom. The Balaban J connectivity index is 1.37. The fraction of sp³-hybridized carbons (Fsp3) is 0.310. The lowest BCUT2D eigenvalue weighted by Gasteiger charge is -2.30. The van der Waals surface area contributed by atoms with Crippen LogP contribution in [0, 0.1) is 6.92 Å².